The third kappa shape index (κ3) is 4.33. The summed E-state index contributed by atoms with van der Waals surface area (Å²) in [5.74, 6) is -0.0716. The van der Waals surface area contributed by atoms with Crippen molar-refractivity contribution in [1.82, 2.24) is 10.3 Å². The Labute approximate surface area is 140 Å². The molecular weight excluding hydrogens is 308 g/mol. The molecule has 0 aliphatic carbocycles. The number of ether oxygens (including phenoxy) is 1. The Morgan fingerprint density at radius 2 is 1.96 bits per heavy atom. The summed E-state index contributed by atoms with van der Waals surface area (Å²) in [7, 11) is 0. The molecule has 3 rings (SSSR count). The van der Waals surface area contributed by atoms with Crippen LogP contribution in [-0.4, -0.2) is 35.4 Å². The van der Waals surface area contributed by atoms with Crippen LogP contribution in [0.4, 0.5) is 0 Å². The van der Waals surface area contributed by atoms with Crippen LogP contribution >= 0.6 is 11.8 Å². The van der Waals surface area contributed by atoms with Gasteiger partial charge in [0.05, 0.1) is 5.56 Å². The largest absolute Gasteiger partial charge is 0.381 e. The molecule has 0 unspecified atom stereocenters. The van der Waals surface area contributed by atoms with Crippen molar-refractivity contribution in [3.63, 3.8) is 0 Å². The van der Waals surface area contributed by atoms with Gasteiger partial charge in [-0.3, -0.25) is 9.78 Å². The van der Waals surface area contributed by atoms with E-state index in [0.29, 0.717) is 12.1 Å². The maximum atomic E-state index is 12.3. The number of carbonyl (C=O) groups excluding carboxylic acids is 1. The fourth-order valence-corrected chi connectivity index (χ4v) is 3.95. The summed E-state index contributed by atoms with van der Waals surface area (Å²) in [5.41, 5.74) is 0.597. The summed E-state index contributed by atoms with van der Waals surface area (Å²) < 4.78 is 5.50. The molecule has 1 aliphatic heterocycles. The number of nitrogens with one attached hydrogen (secondary N) is 1. The van der Waals surface area contributed by atoms with Gasteiger partial charge in [-0.2, -0.15) is 0 Å². The normalized spacial score (nSPS) is 16.7. The quantitative estimate of drug-likeness (QED) is 0.916. The molecule has 1 aliphatic rings. The van der Waals surface area contributed by atoms with Gasteiger partial charge in [0.2, 0.25) is 0 Å². The van der Waals surface area contributed by atoms with Crippen molar-refractivity contribution >= 4 is 17.7 Å². The Kier molecular flexibility index (Phi) is 5.31. The van der Waals surface area contributed by atoms with Crippen molar-refractivity contribution < 1.29 is 9.53 Å². The molecule has 1 saturated heterocycles. The smallest absolute Gasteiger partial charge is 0.252 e. The lowest BCUT2D eigenvalue weighted by Gasteiger charge is -2.36. The zero-order chi connectivity index (χ0) is 16.0. The average molecular weight is 328 g/mol. The highest BCUT2D eigenvalue weighted by Crippen LogP contribution is 2.40. The molecule has 1 fully saturated rings. The summed E-state index contributed by atoms with van der Waals surface area (Å²) in [4.78, 5) is 17.5. The first-order chi connectivity index (χ1) is 11.3. The molecule has 2 aromatic rings. The second kappa shape index (κ2) is 7.62. The van der Waals surface area contributed by atoms with E-state index in [-0.39, 0.29) is 10.7 Å². The molecule has 4 nitrogen and oxygen atoms in total. The van der Waals surface area contributed by atoms with Gasteiger partial charge < -0.3 is 10.1 Å². The van der Waals surface area contributed by atoms with Crippen molar-refractivity contribution in [2.75, 3.05) is 19.8 Å². The number of pyridine rings is 1. The highest BCUT2D eigenvalue weighted by Gasteiger charge is 2.34. The number of hydrogen-bond donors (Lipinski definition) is 1. The van der Waals surface area contributed by atoms with Crippen molar-refractivity contribution in [2.45, 2.75) is 22.5 Å². The first kappa shape index (κ1) is 16.0. The predicted molar refractivity (Wildman–Crippen MR) is 91.7 cm³/mol. The minimum atomic E-state index is -0.0716. The minimum absolute atomic E-state index is 0.0164. The molecule has 0 saturated carbocycles. The van der Waals surface area contributed by atoms with Gasteiger partial charge in [-0.05, 0) is 37.1 Å². The van der Waals surface area contributed by atoms with Crippen LogP contribution in [0.5, 0.6) is 0 Å². The minimum Gasteiger partial charge on any atom is -0.381 e. The number of amides is 1. The summed E-state index contributed by atoms with van der Waals surface area (Å²) in [6.07, 6.45) is 5.12. The van der Waals surface area contributed by atoms with E-state index in [1.165, 1.54) is 4.90 Å². The van der Waals surface area contributed by atoms with E-state index in [0.717, 1.165) is 26.1 Å². The number of nitrogens with zero attached hydrogens (tertiary/aromatic N) is 1. The van der Waals surface area contributed by atoms with Crippen molar-refractivity contribution in [3.05, 3.63) is 60.4 Å². The van der Waals surface area contributed by atoms with Gasteiger partial charge in [0.15, 0.2) is 0 Å². The summed E-state index contributed by atoms with van der Waals surface area (Å²) in [5, 5.41) is 3.07. The van der Waals surface area contributed by atoms with Gasteiger partial charge in [0.1, 0.15) is 0 Å². The number of benzene rings is 1. The monoisotopic (exact) mass is 328 g/mol. The molecule has 1 aromatic carbocycles. The standard InChI is InChI=1S/C18H20N2O2S/c21-17(15-5-4-10-19-13-15)20-14-18(8-11-22-12-9-18)23-16-6-2-1-3-7-16/h1-7,10,13H,8-9,11-12,14H2,(H,20,21). The van der Waals surface area contributed by atoms with Crippen LogP contribution in [0.2, 0.25) is 0 Å². The number of hydrogen-bond acceptors (Lipinski definition) is 4. The van der Waals surface area contributed by atoms with Gasteiger partial charge in [-0.15, -0.1) is 11.8 Å². The molecule has 23 heavy (non-hydrogen) atoms. The maximum absolute atomic E-state index is 12.3. The molecule has 120 valence electrons. The molecule has 0 radical (unpaired) electrons. The van der Waals surface area contributed by atoms with Crippen LogP contribution in [0.1, 0.15) is 23.2 Å². The van der Waals surface area contributed by atoms with E-state index in [9.17, 15) is 4.79 Å². The molecule has 1 amide bonds. The van der Waals surface area contributed by atoms with Crippen LogP contribution in [0, 0.1) is 0 Å². The third-order valence-corrected chi connectivity index (χ3v) is 5.47. The molecule has 0 atom stereocenters. The first-order valence-electron chi connectivity index (χ1n) is 7.78. The summed E-state index contributed by atoms with van der Waals surface area (Å²) in [6, 6.07) is 13.9. The van der Waals surface area contributed by atoms with E-state index < -0.39 is 0 Å². The van der Waals surface area contributed by atoms with Crippen LogP contribution < -0.4 is 5.32 Å². The zero-order valence-corrected chi connectivity index (χ0v) is 13.7. The van der Waals surface area contributed by atoms with Gasteiger partial charge in [0, 0.05) is 41.8 Å². The molecular formula is C18H20N2O2S. The Balaban J connectivity index is 1.68. The van der Waals surface area contributed by atoms with E-state index in [2.05, 4.69) is 22.4 Å². The zero-order valence-electron chi connectivity index (χ0n) is 12.9. The molecule has 0 spiro atoms. The Hall–Kier alpha value is -1.85. The van der Waals surface area contributed by atoms with E-state index in [1.807, 2.05) is 30.0 Å². The highest BCUT2D eigenvalue weighted by molar-refractivity contribution is 8.00. The maximum Gasteiger partial charge on any atom is 0.252 e. The Morgan fingerprint density at radius 1 is 1.17 bits per heavy atom. The van der Waals surface area contributed by atoms with Gasteiger partial charge >= 0.3 is 0 Å². The topological polar surface area (TPSA) is 51.2 Å². The lowest BCUT2D eigenvalue weighted by atomic mass is 9.99. The number of rotatable bonds is 5. The average Bonchev–Trinajstić information content (AvgIpc) is 2.62. The van der Waals surface area contributed by atoms with Crippen molar-refractivity contribution in [1.29, 1.82) is 0 Å². The second-order valence-corrected chi connectivity index (χ2v) is 7.18. The predicted octanol–water partition coefficient (Wildman–Crippen LogP) is 3.15. The van der Waals surface area contributed by atoms with Gasteiger partial charge in [-0.1, -0.05) is 18.2 Å². The SMILES string of the molecule is O=C(NCC1(Sc2ccccc2)CCOCC1)c1cccnc1. The highest BCUT2D eigenvalue weighted by atomic mass is 32.2. The molecule has 1 aromatic heterocycles. The van der Waals surface area contributed by atoms with Crippen molar-refractivity contribution in [3.8, 4) is 0 Å². The molecule has 2 heterocycles. The van der Waals surface area contributed by atoms with Crippen LogP contribution in [0.3, 0.4) is 0 Å². The van der Waals surface area contributed by atoms with Crippen LogP contribution in [-0.2, 0) is 4.74 Å². The fourth-order valence-electron chi connectivity index (χ4n) is 2.64. The third-order valence-electron chi connectivity index (χ3n) is 3.98. The number of thioether (sulfide) groups is 1. The fraction of sp³-hybridized carbons (Fsp3) is 0.333. The number of carbonyl (C=O) groups is 1. The van der Waals surface area contributed by atoms with Crippen molar-refractivity contribution in [2.24, 2.45) is 0 Å². The van der Waals surface area contributed by atoms with Crippen LogP contribution in [0.15, 0.2) is 59.8 Å². The summed E-state index contributed by atoms with van der Waals surface area (Å²) >= 11 is 1.84. The Morgan fingerprint density at radius 3 is 2.65 bits per heavy atom. The lowest BCUT2D eigenvalue weighted by molar-refractivity contribution is 0.0741. The first-order valence-corrected chi connectivity index (χ1v) is 8.59. The number of aromatic nitrogens is 1. The Bertz CT molecular complexity index is 628. The van der Waals surface area contributed by atoms with E-state index in [1.54, 1.807) is 24.5 Å². The van der Waals surface area contributed by atoms with Crippen LogP contribution in [0.25, 0.3) is 0 Å². The van der Waals surface area contributed by atoms with E-state index >= 15 is 0 Å². The second-order valence-electron chi connectivity index (χ2n) is 5.63. The molecule has 5 heteroatoms. The molecule has 0 bridgehead atoms. The van der Waals surface area contributed by atoms with E-state index in [4.69, 9.17) is 4.74 Å². The summed E-state index contributed by atoms with van der Waals surface area (Å²) in [6.45, 7) is 2.11. The van der Waals surface area contributed by atoms with Gasteiger partial charge in [-0.25, -0.2) is 0 Å². The van der Waals surface area contributed by atoms with Gasteiger partial charge in [0.25, 0.3) is 5.91 Å². The lowest BCUT2D eigenvalue weighted by Crippen LogP contribution is -2.44. The molecule has 1 N–H and O–H groups in total.